The van der Waals surface area contributed by atoms with Gasteiger partial charge < -0.3 is 10.2 Å². The number of aromatic hydroxyl groups is 2. The molecule has 216 valence electrons. The molecule has 0 heterocycles. The van der Waals surface area contributed by atoms with Gasteiger partial charge in [0.2, 0.25) is 0 Å². The van der Waals surface area contributed by atoms with Crippen molar-refractivity contribution >= 4 is 23.7 Å². The molecule has 0 atom stereocenters. The Morgan fingerprint density at radius 3 is 1.19 bits per heavy atom. The lowest BCUT2D eigenvalue weighted by Crippen LogP contribution is -2.15. The van der Waals surface area contributed by atoms with Gasteiger partial charge in [0.25, 0.3) is 0 Å². The molecule has 4 aromatic rings. The molecule has 0 aliphatic carbocycles. The Kier molecular flexibility index (Phi) is 8.86. The Labute approximate surface area is 249 Å². The molecule has 4 aromatic carbocycles. The van der Waals surface area contributed by atoms with Gasteiger partial charge in [0.1, 0.15) is 11.5 Å². The van der Waals surface area contributed by atoms with Crippen LogP contribution < -0.4 is 0 Å². The van der Waals surface area contributed by atoms with E-state index in [1.54, 1.807) is 48.5 Å². The second-order valence-corrected chi connectivity index (χ2v) is 12.2. The first-order valence-electron chi connectivity index (χ1n) is 14.5. The molecular formula is C38H40O4. The van der Waals surface area contributed by atoms with Crippen molar-refractivity contribution in [2.45, 2.75) is 65.2 Å². The van der Waals surface area contributed by atoms with E-state index in [2.05, 4.69) is 41.5 Å². The van der Waals surface area contributed by atoms with E-state index in [0.29, 0.717) is 11.1 Å². The Bertz CT molecular complexity index is 1500. The quantitative estimate of drug-likeness (QED) is 0.150. The van der Waals surface area contributed by atoms with Crippen molar-refractivity contribution in [1.29, 1.82) is 0 Å². The van der Waals surface area contributed by atoms with E-state index in [-0.39, 0.29) is 45.0 Å². The smallest absolute Gasteiger partial charge is 0.196 e. The van der Waals surface area contributed by atoms with E-state index in [0.717, 1.165) is 35.1 Å². The third-order valence-electron chi connectivity index (χ3n) is 8.63. The minimum atomic E-state index is -0.223. The second-order valence-electron chi connectivity index (χ2n) is 12.2. The van der Waals surface area contributed by atoms with Gasteiger partial charge in [-0.15, -0.1) is 0 Å². The molecule has 0 aromatic heterocycles. The number of ketones is 2. The van der Waals surface area contributed by atoms with Crippen molar-refractivity contribution in [3.05, 3.63) is 129 Å². The van der Waals surface area contributed by atoms with Crippen LogP contribution in [0.15, 0.2) is 84.9 Å². The summed E-state index contributed by atoms with van der Waals surface area (Å²) in [5.74, 6) is -0.451. The van der Waals surface area contributed by atoms with Crippen LogP contribution in [0.2, 0.25) is 0 Å². The lowest BCUT2D eigenvalue weighted by atomic mass is 9.81. The highest BCUT2D eigenvalue weighted by atomic mass is 16.3. The summed E-state index contributed by atoms with van der Waals surface area (Å²) in [6, 6.07) is 25.1. The second kappa shape index (κ2) is 12.2. The minimum absolute atomic E-state index is 0.00223. The zero-order valence-corrected chi connectivity index (χ0v) is 25.4. The number of rotatable bonds is 10. The molecule has 4 heteroatoms. The van der Waals surface area contributed by atoms with Gasteiger partial charge in [-0.3, -0.25) is 9.59 Å². The fraction of sp³-hybridized carbons (Fsp3) is 0.263. The van der Waals surface area contributed by atoms with Crippen LogP contribution in [0.1, 0.15) is 108 Å². The Hall–Kier alpha value is -4.44. The SMILES string of the molecule is CCC(C)(C)c1ccc(C(=O)c2ccc(/C=C/c3ccc(C(=O)c4ccc(C(C)(C)CC)cc4O)cc3)cc2)c(O)c1. The lowest BCUT2D eigenvalue weighted by Gasteiger charge is -2.23. The topological polar surface area (TPSA) is 74.6 Å². The van der Waals surface area contributed by atoms with Gasteiger partial charge in [-0.1, -0.05) is 114 Å². The van der Waals surface area contributed by atoms with Crippen LogP contribution in [-0.2, 0) is 10.8 Å². The van der Waals surface area contributed by atoms with E-state index in [1.165, 1.54) is 0 Å². The molecule has 0 bridgehead atoms. The maximum Gasteiger partial charge on any atom is 0.196 e. The number of benzene rings is 4. The predicted octanol–water partition coefficient (Wildman–Crippen LogP) is 9.11. The van der Waals surface area contributed by atoms with Crippen molar-refractivity contribution in [1.82, 2.24) is 0 Å². The summed E-state index contributed by atoms with van der Waals surface area (Å²) in [5.41, 5.74) is 5.25. The molecular weight excluding hydrogens is 520 g/mol. The van der Waals surface area contributed by atoms with Crippen LogP contribution in [0.4, 0.5) is 0 Å². The first kappa shape index (κ1) is 30.5. The molecule has 0 saturated heterocycles. The normalized spacial score (nSPS) is 12.0. The van der Waals surface area contributed by atoms with Crippen LogP contribution in [0.5, 0.6) is 11.5 Å². The van der Waals surface area contributed by atoms with Crippen molar-refractivity contribution in [3.8, 4) is 11.5 Å². The molecule has 0 amide bonds. The Morgan fingerprint density at radius 1 is 0.571 bits per heavy atom. The zero-order valence-electron chi connectivity index (χ0n) is 25.4. The van der Waals surface area contributed by atoms with Crippen LogP contribution in [0.3, 0.4) is 0 Å². The summed E-state index contributed by atoms with van der Waals surface area (Å²) in [6.45, 7) is 12.7. The molecule has 0 fully saturated rings. The van der Waals surface area contributed by atoms with Gasteiger partial charge >= 0.3 is 0 Å². The summed E-state index contributed by atoms with van der Waals surface area (Å²) in [6.07, 6.45) is 5.72. The molecule has 0 aliphatic rings. The predicted molar refractivity (Wildman–Crippen MR) is 172 cm³/mol. The molecule has 0 aliphatic heterocycles. The molecule has 2 N–H and O–H groups in total. The standard InChI is InChI=1S/C38H40O4/c1-7-37(3,4)29-19-21-31(33(39)23-29)35(41)27-15-11-25(12-16-27)9-10-26-13-17-28(18-14-26)36(42)32-22-20-30(24-34(32)40)38(5,6)8-2/h9-24,39-40H,7-8H2,1-6H3/b10-9+. The summed E-state index contributed by atoms with van der Waals surface area (Å²) in [4.78, 5) is 26.1. The molecule has 0 spiro atoms. The highest BCUT2D eigenvalue weighted by Crippen LogP contribution is 2.33. The number of phenolic OH excluding ortho intramolecular Hbond substituents is 2. The zero-order chi connectivity index (χ0) is 30.7. The highest BCUT2D eigenvalue weighted by molar-refractivity contribution is 6.11. The molecule has 0 unspecified atom stereocenters. The monoisotopic (exact) mass is 560 g/mol. The van der Waals surface area contributed by atoms with Gasteiger partial charge in [0.05, 0.1) is 11.1 Å². The third kappa shape index (κ3) is 6.54. The largest absolute Gasteiger partial charge is 0.507 e. The van der Waals surface area contributed by atoms with Gasteiger partial charge in [-0.2, -0.15) is 0 Å². The van der Waals surface area contributed by atoms with Crippen molar-refractivity contribution in [2.24, 2.45) is 0 Å². The first-order chi connectivity index (χ1) is 19.9. The summed E-state index contributed by atoms with van der Waals surface area (Å²) in [5, 5.41) is 21.1. The third-order valence-corrected chi connectivity index (χ3v) is 8.63. The van der Waals surface area contributed by atoms with Gasteiger partial charge in [0, 0.05) is 11.1 Å². The molecule has 42 heavy (non-hydrogen) atoms. The van der Waals surface area contributed by atoms with Gasteiger partial charge in [-0.25, -0.2) is 0 Å². The minimum Gasteiger partial charge on any atom is -0.507 e. The van der Waals surface area contributed by atoms with E-state index in [4.69, 9.17) is 0 Å². The summed E-state index contributed by atoms with van der Waals surface area (Å²) >= 11 is 0. The Morgan fingerprint density at radius 2 is 0.905 bits per heavy atom. The van der Waals surface area contributed by atoms with Crippen LogP contribution >= 0.6 is 0 Å². The van der Waals surface area contributed by atoms with Crippen molar-refractivity contribution < 1.29 is 19.8 Å². The number of carbonyl (C=O) groups excluding carboxylic acids is 2. The van der Waals surface area contributed by atoms with E-state index in [9.17, 15) is 19.8 Å². The Balaban J connectivity index is 1.43. The maximum absolute atomic E-state index is 13.1. The first-order valence-corrected chi connectivity index (χ1v) is 14.5. The van der Waals surface area contributed by atoms with E-state index < -0.39 is 0 Å². The highest BCUT2D eigenvalue weighted by Gasteiger charge is 2.22. The van der Waals surface area contributed by atoms with Crippen molar-refractivity contribution in [2.75, 3.05) is 0 Å². The van der Waals surface area contributed by atoms with Gasteiger partial charge in [0.15, 0.2) is 11.6 Å². The van der Waals surface area contributed by atoms with Crippen molar-refractivity contribution in [3.63, 3.8) is 0 Å². The van der Waals surface area contributed by atoms with E-state index >= 15 is 0 Å². The van der Waals surface area contributed by atoms with Crippen LogP contribution in [-0.4, -0.2) is 21.8 Å². The summed E-state index contributed by atoms with van der Waals surface area (Å²) in [7, 11) is 0. The average molecular weight is 561 g/mol. The molecule has 4 rings (SSSR count). The number of hydrogen-bond donors (Lipinski definition) is 2. The summed E-state index contributed by atoms with van der Waals surface area (Å²) < 4.78 is 0. The molecule has 4 nitrogen and oxygen atoms in total. The molecule has 0 saturated carbocycles. The fourth-order valence-corrected chi connectivity index (χ4v) is 4.69. The number of hydrogen-bond acceptors (Lipinski definition) is 4. The maximum atomic E-state index is 13.1. The number of carbonyl (C=O) groups is 2. The fourth-order valence-electron chi connectivity index (χ4n) is 4.69. The lowest BCUT2D eigenvalue weighted by molar-refractivity contribution is 0.102. The van der Waals surface area contributed by atoms with Crippen LogP contribution in [0, 0.1) is 0 Å². The molecule has 0 radical (unpaired) electrons. The van der Waals surface area contributed by atoms with Gasteiger partial charge in [-0.05, 0) is 70.2 Å². The van der Waals surface area contributed by atoms with E-state index in [1.807, 2.05) is 48.6 Å². The average Bonchev–Trinajstić information content (AvgIpc) is 2.99. The van der Waals surface area contributed by atoms with Crippen LogP contribution in [0.25, 0.3) is 12.2 Å². The number of phenols is 2.